The number of benzene rings is 1. The average Bonchev–Trinajstić information content (AvgIpc) is 2.37. The Bertz CT molecular complexity index is 652. The zero-order valence-corrected chi connectivity index (χ0v) is 12.0. The second-order valence-corrected chi connectivity index (χ2v) is 7.17. The summed E-state index contributed by atoms with van der Waals surface area (Å²) in [5.41, 5.74) is 5.31. The summed E-state index contributed by atoms with van der Waals surface area (Å²) < 4.78 is 26.3. The van der Waals surface area contributed by atoms with Crippen molar-refractivity contribution >= 4 is 15.7 Å². The first kappa shape index (κ1) is 14.8. The van der Waals surface area contributed by atoms with Crippen LogP contribution in [0.25, 0.3) is 0 Å². The van der Waals surface area contributed by atoms with Gasteiger partial charge in [0.15, 0.2) is 0 Å². The van der Waals surface area contributed by atoms with Gasteiger partial charge in [0.25, 0.3) is 0 Å². The molecule has 1 fully saturated rings. The molecule has 0 amide bonds. The van der Waals surface area contributed by atoms with E-state index in [1.807, 2.05) is 6.07 Å². The molecule has 0 radical (unpaired) electrons. The van der Waals surface area contributed by atoms with Crippen molar-refractivity contribution in [3.05, 3.63) is 23.8 Å². The van der Waals surface area contributed by atoms with E-state index in [4.69, 9.17) is 11.0 Å². The Morgan fingerprint density at radius 1 is 1.40 bits per heavy atom. The number of anilines is 1. The SMILES string of the molecule is CC1(O)CCN(S(=O)(=O)c2ccc(C#N)cc2N)CC1. The van der Waals surface area contributed by atoms with Crippen LogP contribution in [0, 0.1) is 11.3 Å². The van der Waals surface area contributed by atoms with Gasteiger partial charge >= 0.3 is 0 Å². The van der Waals surface area contributed by atoms with Gasteiger partial charge in [0.05, 0.1) is 22.9 Å². The fourth-order valence-corrected chi connectivity index (χ4v) is 3.74. The highest BCUT2D eigenvalue weighted by Crippen LogP contribution is 2.28. The van der Waals surface area contributed by atoms with Crippen LogP contribution < -0.4 is 5.73 Å². The number of aliphatic hydroxyl groups is 1. The van der Waals surface area contributed by atoms with E-state index < -0.39 is 15.6 Å². The Hall–Kier alpha value is -1.62. The molecule has 0 aliphatic carbocycles. The number of rotatable bonds is 2. The topological polar surface area (TPSA) is 107 Å². The maximum absolute atomic E-state index is 12.5. The summed E-state index contributed by atoms with van der Waals surface area (Å²) in [4.78, 5) is 0.0121. The summed E-state index contributed by atoms with van der Waals surface area (Å²) in [6, 6.07) is 6.06. The van der Waals surface area contributed by atoms with Gasteiger partial charge in [-0.25, -0.2) is 8.42 Å². The first-order valence-corrected chi connectivity index (χ1v) is 7.72. The average molecular weight is 295 g/mol. The molecule has 20 heavy (non-hydrogen) atoms. The van der Waals surface area contributed by atoms with Crippen molar-refractivity contribution in [3.8, 4) is 6.07 Å². The van der Waals surface area contributed by atoms with Crippen LogP contribution in [0.2, 0.25) is 0 Å². The molecular formula is C13H17N3O3S. The monoisotopic (exact) mass is 295 g/mol. The van der Waals surface area contributed by atoms with E-state index in [2.05, 4.69) is 0 Å². The molecule has 1 saturated heterocycles. The molecule has 7 heteroatoms. The van der Waals surface area contributed by atoms with Crippen molar-refractivity contribution in [3.63, 3.8) is 0 Å². The van der Waals surface area contributed by atoms with Crippen molar-refractivity contribution in [1.82, 2.24) is 4.31 Å². The third kappa shape index (κ3) is 2.77. The largest absolute Gasteiger partial charge is 0.398 e. The van der Waals surface area contributed by atoms with Crippen molar-refractivity contribution in [1.29, 1.82) is 5.26 Å². The molecule has 108 valence electrons. The predicted molar refractivity (Wildman–Crippen MR) is 74.2 cm³/mol. The van der Waals surface area contributed by atoms with Gasteiger partial charge < -0.3 is 10.8 Å². The first-order valence-electron chi connectivity index (χ1n) is 6.28. The second kappa shape index (κ2) is 5.05. The van der Waals surface area contributed by atoms with Crippen molar-refractivity contribution in [2.45, 2.75) is 30.3 Å². The maximum Gasteiger partial charge on any atom is 0.245 e. The third-order valence-corrected chi connectivity index (χ3v) is 5.53. The molecule has 1 heterocycles. The molecule has 1 aliphatic rings. The van der Waals surface area contributed by atoms with Crippen LogP contribution in [0.1, 0.15) is 25.3 Å². The van der Waals surface area contributed by atoms with Crippen LogP contribution >= 0.6 is 0 Å². The molecule has 1 aromatic rings. The van der Waals surface area contributed by atoms with E-state index in [0.29, 0.717) is 18.4 Å². The molecular weight excluding hydrogens is 278 g/mol. The van der Waals surface area contributed by atoms with Gasteiger partial charge in [0.1, 0.15) is 4.90 Å². The minimum absolute atomic E-state index is 0.0121. The van der Waals surface area contributed by atoms with Crippen LogP contribution in [-0.2, 0) is 10.0 Å². The summed E-state index contributed by atoms with van der Waals surface area (Å²) in [6.07, 6.45) is 0.783. The maximum atomic E-state index is 12.5. The van der Waals surface area contributed by atoms with Gasteiger partial charge in [-0.3, -0.25) is 0 Å². The molecule has 0 spiro atoms. The lowest BCUT2D eigenvalue weighted by atomic mass is 9.95. The molecule has 0 atom stereocenters. The highest BCUT2D eigenvalue weighted by Gasteiger charge is 2.34. The number of nitriles is 1. The fraction of sp³-hybridized carbons (Fsp3) is 0.462. The van der Waals surface area contributed by atoms with Crippen LogP contribution in [0.5, 0.6) is 0 Å². The van der Waals surface area contributed by atoms with Gasteiger partial charge in [0.2, 0.25) is 10.0 Å². The Labute approximate surface area is 118 Å². The van der Waals surface area contributed by atoms with Gasteiger partial charge in [-0.05, 0) is 38.0 Å². The van der Waals surface area contributed by atoms with Gasteiger partial charge in [-0.1, -0.05) is 0 Å². The van der Waals surface area contributed by atoms with Gasteiger partial charge in [-0.2, -0.15) is 9.57 Å². The molecule has 1 aliphatic heterocycles. The summed E-state index contributed by atoms with van der Waals surface area (Å²) in [6.45, 7) is 2.22. The standard InChI is InChI=1S/C13H17N3O3S/c1-13(17)4-6-16(7-5-13)20(18,19)12-3-2-10(9-14)8-11(12)15/h2-3,8,17H,4-7,15H2,1H3. The van der Waals surface area contributed by atoms with E-state index in [1.54, 1.807) is 6.92 Å². The number of nitrogens with two attached hydrogens (primary N) is 1. The highest BCUT2D eigenvalue weighted by molar-refractivity contribution is 7.89. The summed E-state index contributed by atoms with van der Waals surface area (Å²) >= 11 is 0. The number of hydrogen-bond acceptors (Lipinski definition) is 5. The molecule has 3 N–H and O–H groups in total. The lowest BCUT2D eigenvalue weighted by Gasteiger charge is -2.35. The van der Waals surface area contributed by atoms with Crippen LogP contribution in [0.3, 0.4) is 0 Å². The Balaban J connectivity index is 2.30. The Morgan fingerprint density at radius 2 is 2.00 bits per heavy atom. The molecule has 0 bridgehead atoms. The van der Waals surface area contributed by atoms with Gasteiger partial charge in [-0.15, -0.1) is 0 Å². The minimum atomic E-state index is -3.68. The molecule has 2 rings (SSSR count). The molecule has 6 nitrogen and oxygen atoms in total. The number of nitrogen functional groups attached to an aromatic ring is 1. The van der Waals surface area contributed by atoms with E-state index in [0.717, 1.165) is 0 Å². The predicted octanol–water partition coefficient (Wildman–Crippen LogP) is 0.676. The highest BCUT2D eigenvalue weighted by atomic mass is 32.2. The van der Waals surface area contributed by atoms with E-state index >= 15 is 0 Å². The van der Waals surface area contributed by atoms with Crippen LogP contribution in [0.4, 0.5) is 5.69 Å². The Morgan fingerprint density at radius 3 is 2.50 bits per heavy atom. The molecule has 1 aromatic carbocycles. The zero-order valence-electron chi connectivity index (χ0n) is 11.2. The van der Waals surface area contributed by atoms with E-state index in [1.165, 1.54) is 22.5 Å². The van der Waals surface area contributed by atoms with Crippen molar-refractivity contribution in [2.24, 2.45) is 0 Å². The smallest absolute Gasteiger partial charge is 0.245 e. The first-order chi connectivity index (χ1) is 9.26. The summed E-state index contributed by atoms with van der Waals surface area (Å²) in [5, 5.41) is 18.6. The summed E-state index contributed by atoms with van der Waals surface area (Å²) in [7, 11) is -3.68. The number of sulfonamides is 1. The number of hydrogen-bond donors (Lipinski definition) is 2. The molecule has 0 unspecified atom stereocenters. The second-order valence-electron chi connectivity index (χ2n) is 5.27. The van der Waals surface area contributed by atoms with Crippen molar-refractivity contribution < 1.29 is 13.5 Å². The minimum Gasteiger partial charge on any atom is -0.398 e. The van der Waals surface area contributed by atoms with E-state index in [-0.39, 0.29) is 23.7 Å². The lowest BCUT2D eigenvalue weighted by molar-refractivity contribution is 0.0126. The molecule has 0 aromatic heterocycles. The Kier molecular flexibility index (Phi) is 3.73. The lowest BCUT2D eigenvalue weighted by Crippen LogP contribution is -2.45. The summed E-state index contributed by atoms with van der Waals surface area (Å²) in [5.74, 6) is 0. The number of piperidine rings is 1. The van der Waals surface area contributed by atoms with E-state index in [9.17, 15) is 13.5 Å². The third-order valence-electron chi connectivity index (χ3n) is 3.56. The zero-order chi connectivity index (χ0) is 15.0. The van der Waals surface area contributed by atoms with Gasteiger partial charge in [0, 0.05) is 13.1 Å². The normalized spacial score (nSPS) is 19.4. The fourth-order valence-electron chi connectivity index (χ4n) is 2.20. The van der Waals surface area contributed by atoms with Crippen LogP contribution in [-0.4, -0.2) is 36.5 Å². The van der Waals surface area contributed by atoms with Crippen molar-refractivity contribution in [2.75, 3.05) is 18.8 Å². The quantitative estimate of drug-likeness (QED) is 0.780. The van der Waals surface area contributed by atoms with Crippen LogP contribution in [0.15, 0.2) is 23.1 Å². The number of nitrogens with zero attached hydrogens (tertiary/aromatic N) is 2. The molecule has 0 saturated carbocycles.